The molecule has 1 heterocycles. The number of carbonyl (C=O) groups is 1. The van der Waals surface area contributed by atoms with E-state index in [0.29, 0.717) is 16.5 Å². The average molecular weight is 501 g/mol. The molecule has 2 aliphatic carbocycles. The van der Waals surface area contributed by atoms with Gasteiger partial charge in [0.05, 0.1) is 5.69 Å². The Bertz CT molecular complexity index is 849. The van der Waals surface area contributed by atoms with Gasteiger partial charge in [-0.25, -0.2) is 4.79 Å². The van der Waals surface area contributed by atoms with Crippen LogP contribution in [0.1, 0.15) is 73.8 Å². The molecule has 1 N–H and O–H groups in total. The summed E-state index contributed by atoms with van der Waals surface area (Å²) < 4.78 is 16.6. The van der Waals surface area contributed by atoms with Gasteiger partial charge in [0, 0.05) is 14.4 Å². The number of allylic oxidation sites excluding steroid dienone is 4. The summed E-state index contributed by atoms with van der Waals surface area (Å²) in [5.74, 6) is -0.239. The minimum atomic E-state index is -2.81. The van der Waals surface area contributed by atoms with Gasteiger partial charge >= 0.3 is 5.97 Å². The van der Waals surface area contributed by atoms with Crippen LogP contribution in [-0.4, -0.2) is 20.6 Å². The van der Waals surface area contributed by atoms with Gasteiger partial charge in [-0.2, -0.15) is 0 Å². The van der Waals surface area contributed by atoms with Crippen molar-refractivity contribution in [3.8, 4) is 0 Å². The van der Waals surface area contributed by atoms with E-state index in [-0.39, 0.29) is 6.04 Å². The molecular weight excluding hydrogens is 473 g/mol. The van der Waals surface area contributed by atoms with Gasteiger partial charge in [0.25, 0.3) is 0 Å². The predicted molar refractivity (Wildman–Crippen MR) is 123 cm³/mol. The first kappa shape index (κ1) is 20.6. The summed E-state index contributed by atoms with van der Waals surface area (Å²) in [6.45, 7) is 6.27. The zero-order valence-corrected chi connectivity index (χ0v) is 19.2. The van der Waals surface area contributed by atoms with Crippen molar-refractivity contribution >= 4 is 51.7 Å². The SMILES string of the molecule is CC1CCC(=I(=O)N(c2cc(C3=CCCC=C3)sc2C(=O)O)C(C)C)CC1. The van der Waals surface area contributed by atoms with Gasteiger partial charge < -0.3 is 5.11 Å². The van der Waals surface area contributed by atoms with Crippen molar-refractivity contribution < 1.29 is 13.0 Å². The van der Waals surface area contributed by atoms with Crippen LogP contribution < -0.4 is 3.11 Å². The minimum absolute atomic E-state index is 0.0102. The Morgan fingerprint density at radius 3 is 2.56 bits per heavy atom. The van der Waals surface area contributed by atoms with Crippen LogP contribution in [0, 0.1) is 5.92 Å². The van der Waals surface area contributed by atoms with Crippen molar-refractivity contribution in [1.82, 2.24) is 0 Å². The Labute approximate surface area is 172 Å². The lowest BCUT2D eigenvalue weighted by Gasteiger charge is -2.27. The summed E-state index contributed by atoms with van der Waals surface area (Å²) in [5, 5.41) is 9.79. The molecule has 1 fully saturated rings. The van der Waals surface area contributed by atoms with Crippen LogP contribution in [0.15, 0.2) is 24.3 Å². The zero-order valence-electron chi connectivity index (χ0n) is 16.2. The average Bonchev–Trinajstić information content (AvgIpc) is 3.08. The van der Waals surface area contributed by atoms with E-state index in [9.17, 15) is 13.0 Å². The number of thiophene rings is 1. The molecule has 0 unspecified atom stereocenters. The third kappa shape index (κ3) is 4.65. The quantitative estimate of drug-likeness (QED) is 0.368. The first-order valence-corrected chi connectivity index (χ1v) is 13.4. The van der Waals surface area contributed by atoms with Crippen molar-refractivity contribution in [3.05, 3.63) is 34.0 Å². The molecule has 0 radical (unpaired) electrons. The molecule has 0 aromatic carbocycles. The van der Waals surface area contributed by atoms with E-state index in [2.05, 4.69) is 25.2 Å². The largest absolute Gasteiger partial charge is 0.477 e. The van der Waals surface area contributed by atoms with Crippen LogP contribution in [-0.2, 0) is 3.07 Å². The molecule has 0 spiro atoms. The lowest BCUT2D eigenvalue weighted by molar-refractivity contribution is 0.0703. The third-order valence-electron chi connectivity index (χ3n) is 5.08. The van der Waals surface area contributed by atoms with Crippen molar-refractivity contribution in [2.24, 2.45) is 5.92 Å². The molecule has 6 heteroatoms. The molecule has 3 rings (SSSR count). The second kappa shape index (κ2) is 8.90. The molecule has 27 heavy (non-hydrogen) atoms. The van der Waals surface area contributed by atoms with Crippen LogP contribution in [0.3, 0.4) is 0 Å². The molecule has 1 aromatic rings. The lowest BCUT2D eigenvalue weighted by Crippen LogP contribution is -2.25. The molecule has 0 bridgehead atoms. The standard InChI is InChI=1S/C21H28INO3S/c1-14(2)23(22(26)17-11-9-15(3)10-12-17)18-13-19(27-20(18)21(24)25)16-7-5-4-6-8-16/h5,7-8,13-15H,4,6,9-12H2,1-3H3,(H,24,25). The molecule has 0 aliphatic heterocycles. The Kier molecular flexibility index (Phi) is 6.78. The van der Waals surface area contributed by atoms with E-state index in [1.165, 1.54) is 14.8 Å². The number of aromatic carboxylic acids is 1. The van der Waals surface area contributed by atoms with Gasteiger partial charge in [-0.1, -0.05) is 25.2 Å². The summed E-state index contributed by atoms with van der Waals surface area (Å²) in [6.07, 6.45) is 12.4. The van der Waals surface area contributed by atoms with Crippen LogP contribution in [0.2, 0.25) is 0 Å². The van der Waals surface area contributed by atoms with E-state index in [0.717, 1.165) is 49.0 Å². The number of hydrogen-bond acceptors (Lipinski definition) is 3. The Hall–Kier alpha value is -1.15. The Balaban J connectivity index is 2.05. The number of anilines is 1. The van der Waals surface area contributed by atoms with Crippen molar-refractivity contribution in [2.45, 2.75) is 65.3 Å². The van der Waals surface area contributed by atoms with Crippen molar-refractivity contribution in [2.75, 3.05) is 3.11 Å². The maximum absolute atomic E-state index is 13.5. The summed E-state index contributed by atoms with van der Waals surface area (Å²) in [6, 6.07) is 1.96. The van der Waals surface area contributed by atoms with E-state index >= 15 is 0 Å². The van der Waals surface area contributed by atoms with Gasteiger partial charge in [0.15, 0.2) is 19.6 Å². The maximum Gasteiger partial charge on any atom is 0.348 e. The number of rotatable bonds is 5. The molecule has 0 amide bonds. The molecule has 1 aromatic heterocycles. The fourth-order valence-electron chi connectivity index (χ4n) is 3.54. The second-order valence-electron chi connectivity index (χ2n) is 7.60. The van der Waals surface area contributed by atoms with E-state index in [4.69, 9.17) is 0 Å². The number of carboxylic acid groups (broad SMARTS) is 1. The fraction of sp³-hybridized carbons (Fsp3) is 0.524. The Morgan fingerprint density at radius 2 is 2.00 bits per heavy atom. The predicted octanol–water partition coefficient (Wildman–Crippen LogP) is 6.54. The fourth-order valence-corrected chi connectivity index (χ4v) is 8.85. The normalized spacial score (nSPS) is 20.3. The van der Waals surface area contributed by atoms with Crippen LogP contribution >= 0.6 is 30.9 Å². The second-order valence-corrected chi connectivity index (χ2v) is 12.5. The first-order valence-electron chi connectivity index (χ1n) is 9.64. The van der Waals surface area contributed by atoms with Crippen LogP contribution in [0.4, 0.5) is 5.69 Å². The molecule has 148 valence electrons. The van der Waals surface area contributed by atoms with Gasteiger partial charge in [-0.05, 0) is 69.9 Å². The maximum atomic E-state index is 13.5. The summed E-state index contributed by atoms with van der Waals surface area (Å²) in [5.41, 5.74) is 1.72. The molecule has 1 saturated carbocycles. The third-order valence-corrected chi connectivity index (χ3v) is 11.2. The minimum Gasteiger partial charge on any atom is -0.477 e. The van der Waals surface area contributed by atoms with Gasteiger partial charge in [-0.3, -0.25) is 6.18 Å². The van der Waals surface area contributed by atoms with E-state index in [1.54, 1.807) is 0 Å². The van der Waals surface area contributed by atoms with Gasteiger partial charge in [0.2, 0.25) is 0 Å². The highest BCUT2D eigenvalue weighted by atomic mass is 127. The van der Waals surface area contributed by atoms with Crippen molar-refractivity contribution in [1.29, 1.82) is 0 Å². The first-order chi connectivity index (χ1) is 12.9. The summed E-state index contributed by atoms with van der Waals surface area (Å²) in [7, 11) is 0. The van der Waals surface area contributed by atoms with Crippen molar-refractivity contribution in [3.63, 3.8) is 0 Å². The number of hydrogen-bond donors (Lipinski definition) is 1. The van der Waals surface area contributed by atoms with E-state index in [1.807, 2.05) is 23.0 Å². The van der Waals surface area contributed by atoms with Gasteiger partial charge in [-0.15, -0.1) is 11.3 Å². The smallest absolute Gasteiger partial charge is 0.348 e. The molecule has 2 aliphatic rings. The van der Waals surface area contributed by atoms with Crippen LogP contribution in [0.25, 0.3) is 5.57 Å². The van der Waals surface area contributed by atoms with E-state index < -0.39 is 25.6 Å². The Morgan fingerprint density at radius 1 is 1.30 bits per heavy atom. The lowest BCUT2D eigenvalue weighted by atomic mass is 9.91. The molecule has 4 nitrogen and oxygen atoms in total. The van der Waals surface area contributed by atoms with Crippen LogP contribution in [0.5, 0.6) is 0 Å². The summed E-state index contributed by atoms with van der Waals surface area (Å²) in [4.78, 5) is 13.2. The topological polar surface area (TPSA) is 57.6 Å². The highest BCUT2D eigenvalue weighted by molar-refractivity contribution is 14.2. The highest BCUT2D eigenvalue weighted by Crippen LogP contribution is 2.42. The molecule has 0 atom stereocenters. The number of carboxylic acids is 1. The molecular formula is C21H28INO3S. The highest BCUT2D eigenvalue weighted by Gasteiger charge is 2.27. The monoisotopic (exact) mass is 501 g/mol. The zero-order chi connectivity index (χ0) is 19.6. The molecule has 0 saturated heterocycles. The summed E-state index contributed by atoms with van der Waals surface area (Å²) >= 11 is -1.51. The number of halogens is 1. The number of nitrogens with zero attached hydrogens (tertiary/aromatic N) is 1. The van der Waals surface area contributed by atoms with Gasteiger partial charge in [0.1, 0.15) is 4.88 Å².